The minimum atomic E-state index is -1.56. The summed E-state index contributed by atoms with van der Waals surface area (Å²) in [6.45, 7) is 3.32. The van der Waals surface area contributed by atoms with Gasteiger partial charge in [-0.15, -0.1) is 0 Å². The quantitative estimate of drug-likeness (QED) is 0.716. The molecule has 1 saturated heterocycles. The van der Waals surface area contributed by atoms with Gasteiger partial charge in [-0.2, -0.15) is 0 Å². The zero-order valence-corrected chi connectivity index (χ0v) is 14.3. The number of aliphatic hydroxyl groups excluding tert-OH is 1. The molecule has 1 aliphatic rings. The zero-order chi connectivity index (χ0) is 18.0. The van der Waals surface area contributed by atoms with Crippen molar-refractivity contribution in [1.82, 2.24) is 24.4 Å². The maximum Gasteiger partial charge on any atom is 0.173 e. The molecule has 0 bridgehead atoms. The number of aliphatic hydroxyl groups is 1. The molecule has 2 aromatic heterocycles. The minimum Gasteiger partial charge on any atom is -0.387 e. The van der Waals surface area contributed by atoms with E-state index in [4.69, 9.17) is 10.5 Å². The van der Waals surface area contributed by atoms with Crippen molar-refractivity contribution in [2.45, 2.75) is 31.5 Å². The number of likely N-dealkylation sites (N-methyl/N-ethyl adjacent to an activating group) is 1. The lowest BCUT2D eigenvalue weighted by Crippen LogP contribution is -2.37. The van der Waals surface area contributed by atoms with E-state index < -0.39 is 24.6 Å². The van der Waals surface area contributed by atoms with Crippen molar-refractivity contribution in [2.75, 3.05) is 26.7 Å². The van der Waals surface area contributed by atoms with Crippen LogP contribution in [-0.2, 0) is 4.74 Å². The van der Waals surface area contributed by atoms with Crippen LogP contribution in [0.15, 0.2) is 24.8 Å². The summed E-state index contributed by atoms with van der Waals surface area (Å²) in [5, 5.41) is 10.2. The van der Waals surface area contributed by atoms with Gasteiger partial charge in [0.05, 0.1) is 12.0 Å². The van der Waals surface area contributed by atoms with E-state index in [9.17, 15) is 9.50 Å². The predicted octanol–water partition coefficient (Wildman–Crippen LogP) is 0.178. The Morgan fingerprint density at radius 2 is 2.20 bits per heavy atom. The van der Waals surface area contributed by atoms with Gasteiger partial charge in [0.2, 0.25) is 0 Å². The molecule has 0 radical (unpaired) electrons. The molecule has 2 aromatic rings. The highest BCUT2D eigenvalue weighted by atomic mass is 19.1. The lowest BCUT2D eigenvalue weighted by Gasteiger charge is -2.21. The van der Waals surface area contributed by atoms with E-state index in [1.165, 1.54) is 17.2 Å². The van der Waals surface area contributed by atoms with E-state index in [0.717, 1.165) is 0 Å². The van der Waals surface area contributed by atoms with Crippen molar-refractivity contribution < 1.29 is 14.2 Å². The molecule has 9 heteroatoms. The molecular weight excluding hydrogens is 327 g/mol. The number of imidazole rings is 1. The Hall–Kier alpha value is -1.94. The number of aromatic nitrogens is 4. The van der Waals surface area contributed by atoms with Crippen molar-refractivity contribution in [1.29, 1.82) is 0 Å². The summed E-state index contributed by atoms with van der Waals surface area (Å²) in [7, 11) is 1.88. The smallest absolute Gasteiger partial charge is 0.173 e. The summed E-state index contributed by atoms with van der Waals surface area (Å²) in [5.41, 5.74) is 7.21. The van der Waals surface area contributed by atoms with Crippen LogP contribution in [0, 0.1) is 6.92 Å². The van der Waals surface area contributed by atoms with E-state index in [0.29, 0.717) is 36.5 Å². The van der Waals surface area contributed by atoms with Crippen molar-refractivity contribution in [2.24, 2.45) is 5.73 Å². The first-order valence-corrected chi connectivity index (χ1v) is 8.18. The van der Waals surface area contributed by atoms with Crippen LogP contribution in [0.25, 0.3) is 11.2 Å². The van der Waals surface area contributed by atoms with Crippen LogP contribution in [0.4, 0.5) is 4.39 Å². The van der Waals surface area contributed by atoms with Crippen LogP contribution >= 0.6 is 0 Å². The molecule has 3 rings (SSSR count). The Bertz CT molecular complexity index is 751. The summed E-state index contributed by atoms with van der Waals surface area (Å²) in [6.07, 6.45) is 2.27. The van der Waals surface area contributed by atoms with Gasteiger partial charge in [-0.05, 0) is 14.0 Å². The molecule has 1 aliphatic heterocycles. The van der Waals surface area contributed by atoms with Gasteiger partial charge in [0.15, 0.2) is 18.0 Å². The number of halogens is 1. The number of rotatable bonds is 6. The topological polar surface area (TPSA) is 102 Å². The zero-order valence-electron chi connectivity index (χ0n) is 14.3. The van der Waals surface area contributed by atoms with E-state index in [-0.39, 0.29) is 0 Å². The first kappa shape index (κ1) is 17.9. The largest absolute Gasteiger partial charge is 0.387 e. The van der Waals surface area contributed by atoms with Crippen LogP contribution in [0.2, 0.25) is 0 Å². The molecule has 0 unspecified atom stereocenters. The molecule has 3 heterocycles. The van der Waals surface area contributed by atoms with E-state index >= 15 is 0 Å². The number of hydrogen-bond donors (Lipinski definition) is 2. The third kappa shape index (κ3) is 3.54. The average Bonchev–Trinajstić information content (AvgIpc) is 3.13. The van der Waals surface area contributed by atoms with Crippen molar-refractivity contribution in [3.8, 4) is 0 Å². The molecule has 0 spiro atoms. The third-order valence-electron chi connectivity index (χ3n) is 4.32. The fourth-order valence-corrected chi connectivity index (χ4v) is 2.97. The highest BCUT2D eigenvalue weighted by Crippen LogP contribution is 2.34. The molecule has 3 N–H and O–H groups in total. The fraction of sp³-hybridized carbons (Fsp3) is 0.562. The standard InChI is InChI=1S/C16H23FN6O2/c1-10-13-15(20-8-19-10)23(9-21-13)16-12(17)14(24)11(25-16)7-22(2)6-4-3-5-18/h3-4,8-9,11-12,14,16,24H,5-7,18H2,1-2H3/b4-3-/t11-,12+,14-,16-/m1/s1. The van der Waals surface area contributed by atoms with Crippen molar-refractivity contribution >= 4 is 11.2 Å². The maximum absolute atomic E-state index is 14.7. The van der Waals surface area contributed by atoms with E-state index in [1.54, 1.807) is 0 Å². The average molecular weight is 350 g/mol. The number of nitrogens with zero attached hydrogens (tertiary/aromatic N) is 5. The Morgan fingerprint density at radius 1 is 1.40 bits per heavy atom. The van der Waals surface area contributed by atoms with Gasteiger partial charge in [0, 0.05) is 19.6 Å². The molecule has 4 atom stereocenters. The Labute approximate surface area is 145 Å². The van der Waals surface area contributed by atoms with Crippen LogP contribution in [-0.4, -0.2) is 74.6 Å². The first-order valence-electron chi connectivity index (χ1n) is 8.18. The molecule has 0 aliphatic carbocycles. The maximum atomic E-state index is 14.7. The second-order valence-corrected chi connectivity index (χ2v) is 6.21. The van der Waals surface area contributed by atoms with Crippen LogP contribution in [0.3, 0.4) is 0 Å². The number of alkyl halides is 1. The molecule has 8 nitrogen and oxygen atoms in total. The number of hydrogen-bond acceptors (Lipinski definition) is 7. The van der Waals surface area contributed by atoms with E-state index in [2.05, 4.69) is 15.0 Å². The molecule has 25 heavy (non-hydrogen) atoms. The van der Waals surface area contributed by atoms with Gasteiger partial charge < -0.3 is 20.5 Å². The van der Waals surface area contributed by atoms with Crippen LogP contribution in [0.5, 0.6) is 0 Å². The number of fused-ring (bicyclic) bond motifs is 1. The Kier molecular flexibility index (Phi) is 5.38. The predicted molar refractivity (Wildman–Crippen MR) is 90.6 cm³/mol. The van der Waals surface area contributed by atoms with Gasteiger partial charge in [-0.3, -0.25) is 4.57 Å². The number of aryl methyl sites for hydroxylation is 1. The molecule has 1 fully saturated rings. The fourth-order valence-electron chi connectivity index (χ4n) is 2.97. The summed E-state index contributed by atoms with van der Waals surface area (Å²) < 4.78 is 22.0. The monoisotopic (exact) mass is 350 g/mol. The molecule has 0 amide bonds. The summed E-state index contributed by atoms with van der Waals surface area (Å²) in [5.74, 6) is 0. The second-order valence-electron chi connectivity index (χ2n) is 6.21. The first-order chi connectivity index (χ1) is 12.0. The van der Waals surface area contributed by atoms with Gasteiger partial charge in [-0.1, -0.05) is 12.2 Å². The summed E-state index contributed by atoms with van der Waals surface area (Å²) >= 11 is 0. The van der Waals surface area contributed by atoms with E-state index in [1.807, 2.05) is 31.0 Å². The normalized spacial score (nSPS) is 27.1. The highest BCUT2D eigenvalue weighted by Gasteiger charge is 2.45. The van der Waals surface area contributed by atoms with Crippen molar-refractivity contribution in [3.63, 3.8) is 0 Å². The Morgan fingerprint density at radius 3 is 2.96 bits per heavy atom. The SMILES string of the molecule is Cc1ncnc2c1ncn2[C@@H]1O[C@H](CN(C)C/C=C\CN)[C@@H](O)[C@@H]1F. The van der Waals surface area contributed by atoms with Gasteiger partial charge in [0.1, 0.15) is 24.1 Å². The lowest BCUT2D eigenvalue weighted by molar-refractivity contribution is -0.0330. The minimum absolute atomic E-state index is 0.396. The van der Waals surface area contributed by atoms with Crippen LogP contribution < -0.4 is 5.73 Å². The second kappa shape index (κ2) is 7.52. The van der Waals surface area contributed by atoms with Crippen molar-refractivity contribution in [3.05, 3.63) is 30.5 Å². The van der Waals surface area contributed by atoms with Gasteiger partial charge in [-0.25, -0.2) is 19.3 Å². The number of ether oxygens (including phenoxy) is 1. The number of nitrogens with two attached hydrogens (primary N) is 1. The summed E-state index contributed by atoms with van der Waals surface area (Å²) in [6, 6.07) is 0. The Balaban J connectivity index is 1.75. The summed E-state index contributed by atoms with van der Waals surface area (Å²) in [4.78, 5) is 14.4. The molecule has 0 saturated carbocycles. The van der Waals surface area contributed by atoms with Gasteiger partial charge >= 0.3 is 0 Å². The molecular formula is C16H23FN6O2. The lowest BCUT2D eigenvalue weighted by atomic mass is 10.1. The molecule has 0 aromatic carbocycles. The molecule has 136 valence electrons. The third-order valence-corrected chi connectivity index (χ3v) is 4.32. The highest BCUT2D eigenvalue weighted by molar-refractivity contribution is 5.72. The van der Waals surface area contributed by atoms with Gasteiger partial charge in [0.25, 0.3) is 0 Å². The van der Waals surface area contributed by atoms with Crippen LogP contribution in [0.1, 0.15) is 11.9 Å².